The van der Waals surface area contributed by atoms with Gasteiger partial charge < -0.3 is 24.6 Å². The van der Waals surface area contributed by atoms with Gasteiger partial charge in [-0.25, -0.2) is 4.79 Å². The Morgan fingerprint density at radius 2 is 1.94 bits per heavy atom. The first-order chi connectivity index (χ1) is 14.8. The van der Waals surface area contributed by atoms with Gasteiger partial charge in [-0.3, -0.25) is 9.69 Å². The van der Waals surface area contributed by atoms with Crippen LogP contribution in [0.5, 0.6) is 5.75 Å². The summed E-state index contributed by atoms with van der Waals surface area (Å²) in [5.74, 6) is 0.346. The SMILES string of the molecule is COc1ccc2c(c1)C(CO)(CCNC(=O)OC(C)(C)C)C(=O)N2COCC[Si](C)(C)C. The van der Waals surface area contributed by atoms with Gasteiger partial charge in [0.2, 0.25) is 5.91 Å². The predicted molar refractivity (Wildman–Crippen MR) is 127 cm³/mol. The van der Waals surface area contributed by atoms with E-state index in [1.165, 1.54) is 0 Å². The third kappa shape index (κ3) is 6.46. The Morgan fingerprint density at radius 3 is 2.50 bits per heavy atom. The quantitative estimate of drug-likeness (QED) is 0.405. The second-order valence-electron chi connectivity index (χ2n) is 10.4. The highest BCUT2D eigenvalue weighted by molar-refractivity contribution is 6.76. The summed E-state index contributed by atoms with van der Waals surface area (Å²) >= 11 is 0. The van der Waals surface area contributed by atoms with Crippen LogP contribution in [0.15, 0.2) is 18.2 Å². The van der Waals surface area contributed by atoms with Gasteiger partial charge in [-0.2, -0.15) is 0 Å². The largest absolute Gasteiger partial charge is 0.497 e. The molecule has 0 spiro atoms. The van der Waals surface area contributed by atoms with Crippen molar-refractivity contribution in [2.75, 3.05) is 38.5 Å². The first-order valence-corrected chi connectivity index (χ1v) is 14.7. The molecular weight excluding hydrogens is 428 g/mol. The fraction of sp³-hybridized carbons (Fsp3) is 0.652. The summed E-state index contributed by atoms with van der Waals surface area (Å²) in [6, 6.07) is 6.37. The lowest BCUT2D eigenvalue weighted by molar-refractivity contribution is -0.126. The predicted octanol–water partition coefficient (Wildman–Crippen LogP) is 3.50. The molecule has 2 N–H and O–H groups in total. The summed E-state index contributed by atoms with van der Waals surface area (Å²) < 4.78 is 16.5. The Labute approximate surface area is 192 Å². The molecule has 0 radical (unpaired) electrons. The number of aliphatic hydroxyl groups is 1. The molecule has 0 aliphatic carbocycles. The number of fused-ring (bicyclic) bond motifs is 1. The molecule has 1 aromatic rings. The molecular formula is C23H38N2O6Si. The minimum atomic E-state index is -1.25. The molecule has 1 atom stereocenters. The number of ether oxygens (including phenoxy) is 3. The zero-order chi connectivity index (χ0) is 24.2. The number of alkyl carbamates (subject to hydrolysis) is 1. The number of hydrogen-bond donors (Lipinski definition) is 2. The van der Waals surface area contributed by atoms with Crippen LogP contribution in [0.3, 0.4) is 0 Å². The third-order valence-electron chi connectivity index (χ3n) is 5.37. The monoisotopic (exact) mass is 466 g/mol. The van der Waals surface area contributed by atoms with E-state index in [0.29, 0.717) is 23.6 Å². The molecule has 1 heterocycles. The Balaban J connectivity index is 2.20. The van der Waals surface area contributed by atoms with Gasteiger partial charge in [-0.05, 0) is 57.0 Å². The number of amides is 2. The lowest BCUT2D eigenvalue weighted by Crippen LogP contribution is -2.46. The molecule has 1 aromatic carbocycles. The van der Waals surface area contributed by atoms with Crippen molar-refractivity contribution in [2.45, 2.75) is 63.9 Å². The minimum absolute atomic E-state index is 0.115. The van der Waals surface area contributed by atoms with E-state index in [9.17, 15) is 14.7 Å². The number of carbonyl (C=O) groups excluding carboxylic acids is 2. The molecule has 0 saturated heterocycles. The molecule has 8 nitrogen and oxygen atoms in total. The molecule has 1 aliphatic rings. The van der Waals surface area contributed by atoms with Crippen molar-refractivity contribution in [3.05, 3.63) is 23.8 Å². The van der Waals surface area contributed by atoms with E-state index < -0.39 is 31.8 Å². The summed E-state index contributed by atoms with van der Waals surface area (Å²) in [5.41, 5.74) is -0.452. The van der Waals surface area contributed by atoms with Gasteiger partial charge in [0.25, 0.3) is 0 Å². The smallest absolute Gasteiger partial charge is 0.407 e. The number of rotatable bonds is 10. The Hall–Kier alpha value is -2.10. The van der Waals surface area contributed by atoms with Crippen molar-refractivity contribution in [1.82, 2.24) is 5.32 Å². The zero-order valence-corrected chi connectivity index (χ0v) is 21.4. The fourth-order valence-electron chi connectivity index (χ4n) is 3.57. The van der Waals surface area contributed by atoms with E-state index in [2.05, 4.69) is 25.0 Å². The van der Waals surface area contributed by atoms with Crippen LogP contribution in [0, 0.1) is 0 Å². The number of aliphatic hydroxyl groups excluding tert-OH is 1. The van der Waals surface area contributed by atoms with Crippen LogP contribution >= 0.6 is 0 Å². The van der Waals surface area contributed by atoms with E-state index in [1.807, 2.05) is 6.07 Å². The van der Waals surface area contributed by atoms with Crippen molar-refractivity contribution < 1.29 is 28.9 Å². The van der Waals surface area contributed by atoms with Crippen LogP contribution in [0.4, 0.5) is 10.5 Å². The van der Waals surface area contributed by atoms with Gasteiger partial charge in [-0.1, -0.05) is 19.6 Å². The van der Waals surface area contributed by atoms with Gasteiger partial charge in [0, 0.05) is 21.2 Å². The Bertz CT molecular complexity index is 818. The molecule has 0 saturated carbocycles. The maximum atomic E-state index is 13.5. The van der Waals surface area contributed by atoms with Crippen LogP contribution < -0.4 is 15.0 Å². The van der Waals surface area contributed by atoms with Crippen LogP contribution in [0.1, 0.15) is 32.8 Å². The van der Waals surface area contributed by atoms with Crippen molar-refractivity contribution in [2.24, 2.45) is 0 Å². The number of hydrogen-bond acceptors (Lipinski definition) is 6. The first-order valence-electron chi connectivity index (χ1n) is 11.0. The van der Waals surface area contributed by atoms with Gasteiger partial charge in [0.05, 0.1) is 19.4 Å². The second kappa shape index (κ2) is 10.2. The molecule has 0 aromatic heterocycles. The van der Waals surface area contributed by atoms with Crippen molar-refractivity contribution >= 4 is 25.8 Å². The van der Waals surface area contributed by atoms with E-state index in [0.717, 1.165) is 6.04 Å². The number of benzene rings is 1. The number of nitrogens with zero attached hydrogens (tertiary/aromatic N) is 1. The molecule has 180 valence electrons. The first kappa shape index (κ1) is 26.2. The van der Waals surface area contributed by atoms with Crippen LogP contribution in [-0.4, -0.2) is 64.4 Å². The van der Waals surface area contributed by atoms with E-state index in [1.54, 1.807) is 44.9 Å². The lowest BCUT2D eigenvalue weighted by atomic mass is 9.79. The topological polar surface area (TPSA) is 97.3 Å². The van der Waals surface area contributed by atoms with Crippen molar-refractivity contribution in [3.63, 3.8) is 0 Å². The Morgan fingerprint density at radius 1 is 1.25 bits per heavy atom. The van der Waals surface area contributed by atoms with E-state index in [-0.39, 0.29) is 25.6 Å². The van der Waals surface area contributed by atoms with E-state index >= 15 is 0 Å². The fourth-order valence-corrected chi connectivity index (χ4v) is 4.33. The number of methoxy groups -OCH3 is 1. The highest BCUT2D eigenvalue weighted by atomic mass is 28.3. The number of carbonyl (C=O) groups is 2. The van der Waals surface area contributed by atoms with Gasteiger partial charge >= 0.3 is 6.09 Å². The molecule has 1 aliphatic heterocycles. The maximum absolute atomic E-state index is 13.5. The summed E-state index contributed by atoms with van der Waals surface area (Å²) in [6.45, 7) is 12.6. The molecule has 0 bridgehead atoms. The summed E-state index contributed by atoms with van der Waals surface area (Å²) in [4.78, 5) is 27.1. The molecule has 32 heavy (non-hydrogen) atoms. The number of nitrogens with one attached hydrogen (secondary N) is 1. The van der Waals surface area contributed by atoms with E-state index in [4.69, 9.17) is 14.2 Å². The molecule has 2 amide bonds. The second-order valence-corrected chi connectivity index (χ2v) is 16.0. The standard InChI is InChI=1S/C23H38N2O6Si/c1-22(2,3)31-21(28)24-11-10-23(15-26)18-14-17(29-4)8-9-19(18)25(20(23)27)16-30-12-13-32(5,6)7/h8-9,14,26H,10-13,15-16H2,1-7H3,(H,24,28). The van der Waals surface area contributed by atoms with Crippen LogP contribution in [-0.2, 0) is 19.7 Å². The Kier molecular flexibility index (Phi) is 8.36. The van der Waals surface area contributed by atoms with Gasteiger partial charge in [-0.15, -0.1) is 0 Å². The van der Waals surface area contributed by atoms with Gasteiger partial charge in [0.15, 0.2) is 0 Å². The molecule has 0 fully saturated rings. The summed E-state index contributed by atoms with van der Waals surface area (Å²) in [5, 5.41) is 13.1. The average molecular weight is 467 g/mol. The molecule has 2 rings (SSSR count). The molecule has 9 heteroatoms. The zero-order valence-electron chi connectivity index (χ0n) is 20.4. The summed E-state index contributed by atoms with van der Waals surface area (Å²) in [6.07, 6.45) is -0.346. The average Bonchev–Trinajstić information content (AvgIpc) is 2.91. The maximum Gasteiger partial charge on any atom is 0.407 e. The van der Waals surface area contributed by atoms with Crippen LogP contribution in [0.2, 0.25) is 25.7 Å². The third-order valence-corrected chi connectivity index (χ3v) is 7.08. The highest BCUT2D eigenvalue weighted by Crippen LogP contribution is 2.45. The normalized spacial score (nSPS) is 18.5. The van der Waals surface area contributed by atoms with Crippen molar-refractivity contribution in [3.8, 4) is 5.75 Å². The highest BCUT2D eigenvalue weighted by Gasteiger charge is 2.50. The van der Waals surface area contributed by atoms with Gasteiger partial charge in [0.1, 0.15) is 23.5 Å². The van der Waals surface area contributed by atoms with Crippen LogP contribution in [0.25, 0.3) is 0 Å². The number of anilines is 1. The summed E-state index contributed by atoms with van der Waals surface area (Å²) in [7, 11) is 0.303. The minimum Gasteiger partial charge on any atom is -0.497 e. The molecule has 1 unspecified atom stereocenters. The van der Waals surface area contributed by atoms with Crippen molar-refractivity contribution in [1.29, 1.82) is 0 Å². The lowest BCUT2D eigenvalue weighted by Gasteiger charge is -2.27.